The van der Waals surface area contributed by atoms with Crippen molar-refractivity contribution in [3.05, 3.63) is 44.6 Å². The van der Waals surface area contributed by atoms with Crippen LogP contribution in [-0.2, 0) is 11.2 Å². The van der Waals surface area contributed by atoms with Gasteiger partial charge in [0.15, 0.2) is 0 Å². The monoisotopic (exact) mass is 357 g/mol. The van der Waals surface area contributed by atoms with E-state index in [1.54, 1.807) is 11.8 Å². The number of fused-ring (bicyclic) bond motifs is 1. The number of carbonyl (C=O) groups is 1. The van der Waals surface area contributed by atoms with E-state index in [0.717, 1.165) is 38.5 Å². The fraction of sp³-hybridized carbons (Fsp3) is 0.267. The van der Waals surface area contributed by atoms with Crippen LogP contribution in [0.4, 0.5) is 5.69 Å². The summed E-state index contributed by atoms with van der Waals surface area (Å²) in [5.74, 6) is 1.06. The van der Waals surface area contributed by atoms with Gasteiger partial charge in [0.05, 0.1) is 10.0 Å². The van der Waals surface area contributed by atoms with Crippen molar-refractivity contribution in [3.63, 3.8) is 0 Å². The van der Waals surface area contributed by atoms with E-state index in [4.69, 9.17) is 23.2 Å². The summed E-state index contributed by atoms with van der Waals surface area (Å²) >= 11 is 15.3. The predicted molar refractivity (Wildman–Crippen MR) is 92.2 cm³/mol. The van der Waals surface area contributed by atoms with Gasteiger partial charge in [0.2, 0.25) is 5.91 Å². The van der Waals surface area contributed by atoms with Gasteiger partial charge in [-0.2, -0.15) is 0 Å². The second-order valence-corrected chi connectivity index (χ2v) is 8.08. The fourth-order valence-corrected chi connectivity index (χ4v) is 4.53. The molecule has 21 heavy (non-hydrogen) atoms. The first kappa shape index (κ1) is 15.2. The highest BCUT2D eigenvalue weighted by Crippen LogP contribution is 2.37. The van der Waals surface area contributed by atoms with Gasteiger partial charge in [-0.3, -0.25) is 4.79 Å². The molecule has 0 fully saturated rings. The number of hydrogen-bond acceptors (Lipinski definition) is 3. The molecule has 1 aliphatic rings. The summed E-state index contributed by atoms with van der Waals surface area (Å²) in [7, 11) is 0. The molecule has 3 rings (SSSR count). The number of thiophene rings is 1. The van der Waals surface area contributed by atoms with Crippen LogP contribution in [0.1, 0.15) is 11.3 Å². The molecule has 0 radical (unpaired) electrons. The minimum atomic E-state index is 0.142. The van der Waals surface area contributed by atoms with E-state index in [1.165, 1.54) is 11.3 Å². The first-order chi connectivity index (χ1) is 10.1. The Bertz CT molecular complexity index is 671. The Labute approximate surface area is 142 Å². The van der Waals surface area contributed by atoms with E-state index in [-0.39, 0.29) is 5.91 Å². The molecule has 0 saturated heterocycles. The van der Waals surface area contributed by atoms with E-state index in [1.807, 2.05) is 35.2 Å². The molecule has 1 aromatic carbocycles. The Hall–Kier alpha value is -0.680. The van der Waals surface area contributed by atoms with E-state index in [0.29, 0.717) is 11.4 Å². The maximum Gasteiger partial charge on any atom is 0.227 e. The molecule has 2 nitrogen and oxygen atoms in total. The molecule has 2 aromatic rings. The van der Waals surface area contributed by atoms with Gasteiger partial charge in [0.1, 0.15) is 0 Å². The van der Waals surface area contributed by atoms with E-state index >= 15 is 0 Å². The molecule has 1 aliphatic heterocycles. The highest BCUT2D eigenvalue weighted by molar-refractivity contribution is 7.99. The average molecular weight is 358 g/mol. The van der Waals surface area contributed by atoms with Gasteiger partial charge >= 0.3 is 0 Å². The van der Waals surface area contributed by atoms with Crippen LogP contribution >= 0.6 is 46.3 Å². The number of rotatable bonds is 3. The van der Waals surface area contributed by atoms with Crippen molar-refractivity contribution in [1.29, 1.82) is 0 Å². The van der Waals surface area contributed by atoms with Gasteiger partial charge < -0.3 is 4.90 Å². The second kappa shape index (κ2) is 6.61. The summed E-state index contributed by atoms with van der Waals surface area (Å²) in [5.41, 5.74) is 0.938. The van der Waals surface area contributed by atoms with Crippen molar-refractivity contribution >= 4 is 57.9 Å². The number of aryl methyl sites for hydroxylation is 1. The molecule has 0 atom stereocenters. The lowest BCUT2D eigenvalue weighted by molar-refractivity contribution is -0.118. The summed E-state index contributed by atoms with van der Waals surface area (Å²) in [5, 5.41) is 0.666. The van der Waals surface area contributed by atoms with Gasteiger partial charge in [0, 0.05) is 33.5 Å². The third-order valence-corrected chi connectivity index (χ3v) is 5.87. The Balaban J connectivity index is 1.72. The summed E-state index contributed by atoms with van der Waals surface area (Å²) in [6.45, 7) is 0.738. The molecule has 2 heterocycles. The minimum absolute atomic E-state index is 0.142. The normalized spacial score (nSPS) is 14.1. The van der Waals surface area contributed by atoms with Gasteiger partial charge in [-0.15, -0.1) is 23.1 Å². The summed E-state index contributed by atoms with van der Waals surface area (Å²) in [6, 6.07) is 9.59. The second-order valence-electron chi connectivity index (χ2n) is 4.71. The summed E-state index contributed by atoms with van der Waals surface area (Å²) in [4.78, 5) is 16.6. The number of hydrogen-bond donors (Lipinski definition) is 0. The molecular weight excluding hydrogens is 345 g/mol. The summed E-state index contributed by atoms with van der Waals surface area (Å²) in [6.07, 6.45) is 1.23. The number of anilines is 1. The van der Waals surface area contributed by atoms with Crippen LogP contribution in [0, 0.1) is 0 Å². The number of nitrogens with zero attached hydrogens (tertiary/aromatic N) is 1. The van der Waals surface area contributed by atoms with E-state index in [9.17, 15) is 4.79 Å². The van der Waals surface area contributed by atoms with Crippen molar-refractivity contribution < 1.29 is 4.79 Å². The average Bonchev–Trinajstić information content (AvgIpc) is 2.89. The first-order valence-corrected chi connectivity index (χ1v) is 9.16. The highest BCUT2D eigenvalue weighted by Gasteiger charge is 2.23. The molecule has 0 spiro atoms. The Morgan fingerprint density at radius 2 is 2.10 bits per heavy atom. The maximum atomic E-state index is 12.5. The molecular formula is C15H13Cl2NOS2. The third-order valence-electron chi connectivity index (χ3n) is 3.30. The Morgan fingerprint density at radius 1 is 1.24 bits per heavy atom. The zero-order valence-electron chi connectivity index (χ0n) is 11.1. The van der Waals surface area contributed by atoms with Crippen LogP contribution in [0.2, 0.25) is 9.36 Å². The van der Waals surface area contributed by atoms with Crippen LogP contribution in [0.5, 0.6) is 0 Å². The van der Waals surface area contributed by atoms with Crippen LogP contribution in [-0.4, -0.2) is 18.2 Å². The SMILES string of the molecule is O=C(CCc1ccc(Cl)s1)N1CCSc2ccc(Cl)cc21. The number of benzene rings is 1. The fourth-order valence-electron chi connectivity index (χ4n) is 2.30. The minimum Gasteiger partial charge on any atom is -0.310 e. The number of halogens is 2. The lowest BCUT2D eigenvalue weighted by atomic mass is 10.2. The lowest BCUT2D eigenvalue weighted by Crippen LogP contribution is -2.35. The van der Waals surface area contributed by atoms with Crippen molar-refractivity contribution in [1.82, 2.24) is 0 Å². The zero-order valence-corrected chi connectivity index (χ0v) is 14.3. The van der Waals surface area contributed by atoms with Gasteiger partial charge in [0.25, 0.3) is 0 Å². The Kier molecular flexibility index (Phi) is 4.79. The molecule has 0 bridgehead atoms. The van der Waals surface area contributed by atoms with E-state index < -0.39 is 0 Å². The lowest BCUT2D eigenvalue weighted by Gasteiger charge is -2.29. The van der Waals surface area contributed by atoms with Crippen molar-refractivity contribution in [2.24, 2.45) is 0 Å². The number of thioether (sulfide) groups is 1. The van der Waals surface area contributed by atoms with E-state index in [2.05, 4.69) is 0 Å². The standard InChI is InChI=1S/C15H13Cl2NOS2/c16-10-1-4-13-12(9-10)18(7-8-20-13)15(19)6-3-11-2-5-14(17)21-11/h1-2,4-5,9H,3,6-8H2. The van der Waals surface area contributed by atoms with Gasteiger partial charge in [-0.25, -0.2) is 0 Å². The highest BCUT2D eigenvalue weighted by atomic mass is 35.5. The first-order valence-electron chi connectivity index (χ1n) is 6.60. The largest absolute Gasteiger partial charge is 0.310 e. The van der Waals surface area contributed by atoms with Crippen molar-refractivity contribution in [2.75, 3.05) is 17.2 Å². The quantitative estimate of drug-likeness (QED) is 0.758. The molecule has 1 amide bonds. The van der Waals surface area contributed by atoms with Crippen molar-refractivity contribution in [2.45, 2.75) is 17.7 Å². The van der Waals surface area contributed by atoms with Crippen LogP contribution in [0.25, 0.3) is 0 Å². The molecule has 1 aromatic heterocycles. The smallest absolute Gasteiger partial charge is 0.227 e. The predicted octanol–water partition coefficient (Wildman–Crippen LogP) is 5.13. The molecule has 0 unspecified atom stereocenters. The third kappa shape index (κ3) is 3.57. The van der Waals surface area contributed by atoms with Crippen LogP contribution in [0.3, 0.4) is 0 Å². The van der Waals surface area contributed by atoms with Gasteiger partial charge in [-0.1, -0.05) is 23.2 Å². The Morgan fingerprint density at radius 3 is 2.86 bits per heavy atom. The molecule has 0 saturated carbocycles. The van der Waals surface area contributed by atoms with Crippen molar-refractivity contribution in [3.8, 4) is 0 Å². The number of amides is 1. The maximum absolute atomic E-state index is 12.5. The van der Waals surface area contributed by atoms with Gasteiger partial charge in [-0.05, 0) is 36.8 Å². The molecule has 0 aliphatic carbocycles. The zero-order chi connectivity index (χ0) is 14.8. The molecule has 110 valence electrons. The van der Waals surface area contributed by atoms with Crippen LogP contribution < -0.4 is 4.90 Å². The number of carbonyl (C=O) groups excluding carboxylic acids is 1. The van der Waals surface area contributed by atoms with Crippen LogP contribution in [0.15, 0.2) is 35.2 Å². The summed E-state index contributed by atoms with van der Waals surface area (Å²) < 4.78 is 0.768. The topological polar surface area (TPSA) is 20.3 Å². The molecule has 0 N–H and O–H groups in total. The molecule has 6 heteroatoms.